The second-order valence-corrected chi connectivity index (χ2v) is 12.0. The number of fused-ring (bicyclic) bond motifs is 2. The Morgan fingerprint density at radius 2 is 1.70 bits per heavy atom. The number of benzene rings is 3. The van der Waals surface area contributed by atoms with Crippen LogP contribution >= 0.6 is 0 Å². The first-order chi connectivity index (χ1) is 21.2. The van der Waals surface area contributed by atoms with Crippen molar-refractivity contribution in [2.75, 3.05) is 0 Å². The molecule has 3 aromatic carbocycles. The van der Waals surface area contributed by atoms with Crippen LogP contribution in [0.25, 0.3) is 6.08 Å². The van der Waals surface area contributed by atoms with Gasteiger partial charge in [-0.05, 0) is 79.0 Å². The van der Waals surface area contributed by atoms with Crippen LogP contribution in [0.5, 0.6) is 17.2 Å². The van der Waals surface area contributed by atoms with Crippen molar-refractivity contribution in [1.82, 2.24) is 0 Å². The molecule has 1 N–H and O–H groups in total. The minimum absolute atomic E-state index is 0.0110. The first-order valence-corrected chi connectivity index (χ1v) is 15.5. The molecule has 0 aliphatic carbocycles. The van der Waals surface area contributed by atoms with Crippen LogP contribution in [0.4, 0.5) is 0 Å². The Bertz CT molecular complexity index is 1530. The SMILES string of the molecule is CC(C)c1ccc(COc2ccc([C@@H]3CC(=O)Oc4cc5c(c(O)c43)C(=O)O[C@@H](C)CCCC(=O)CCCC=C5)cc2)cc1. The lowest BCUT2D eigenvalue weighted by Crippen LogP contribution is -2.23. The van der Waals surface area contributed by atoms with E-state index in [4.69, 9.17) is 14.2 Å². The van der Waals surface area contributed by atoms with Crippen molar-refractivity contribution in [2.45, 2.75) is 90.3 Å². The number of phenols is 1. The molecule has 0 amide bonds. The summed E-state index contributed by atoms with van der Waals surface area (Å²) in [5.41, 5.74) is 3.96. The summed E-state index contributed by atoms with van der Waals surface area (Å²) in [4.78, 5) is 38.3. The van der Waals surface area contributed by atoms with Crippen molar-refractivity contribution in [3.05, 3.63) is 94.1 Å². The summed E-state index contributed by atoms with van der Waals surface area (Å²) in [6, 6.07) is 17.4. The maximum absolute atomic E-state index is 13.4. The summed E-state index contributed by atoms with van der Waals surface area (Å²) in [5.74, 6) is -0.280. The van der Waals surface area contributed by atoms with Gasteiger partial charge in [-0.3, -0.25) is 9.59 Å². The second kappa shape index (κ2) is 13.9. The average Bonchev–Trinajstić information content (AvgIpc) is 2.99. The Hall–Kier alpha value is -4.39. The van der Waals surface area contributed by atoms with Crippen molar-refractivity contribution in [2.24, 2.45) is 0 Å². The monoisotopic (exact) mass is 596 g/mol. The average molecular weight is 597 g/mol. The quantitative estimate of drug-likeness (QED) is 0.235. The number of Topliss-reactive ketones (excluding diaryl/α,β-unsaturated/α-hetero) is 1. The van der Waals surface area contributed by atoms with Gasteiger partial charge in [-0.15, -0.1) is 0 Å². The van der Waals surface area contributed by atoms with E-state index >= 15 is 0 Å². The van der Waals surface area contributed by atoms with Gasteiger partial charge in [0.1, 0.15) is 35.2 Å². The number of phenolic OH excluding ortho intramolecular Hbond substituents is 1. The molecule has 0 saturated heterocycles. The molecule has 0 unspecified atom stereocenters. The van der Waals surface area contributed by atoms with E-state index in [2.05, 4.69) is 38.1 Å². The highest BCUT2D eigenvalue weighted by molar-refractivity contribution is 5.98. The van der Waals surface area contributed by atoms with Crippen LogP contribution < -0.4 is 9.47 Å². The molecule has 2 aliphatic rings. The molecule has 0 saturated carbocycles. The van der Waals surface area contributed by atoms with Crippen LogP contribution in [0.2, 0.25) is 0 Å². The lowest BCUT2D eigenvalue weighted by Gasteiger charge is -2.28. The van der Waals surface area contributed by atoms with Crippen LogP contribution in [0.1, 0.15) is 116 Å². The third-order valence-electron chi connectivity index (χ3n) is 8.31. The number of ether oxygens (including phenoxy) is 3. The van der Waals surface area contributed by atoms with Crippen molar-refractivity contribution < 1.29 is 33.7 Å². The highest BCUT2D eigenvalue weighted by Crippen LogP contribution is 2.47. The standard InChI is InChI=1S/C37H40O7/c1-23(2)26-14-12-25(13-15-26)22-42-30-18-16-27(17-19-30)31-21-33(39)44-32-20-28-9-5-4-6-10-29(38)11-7-8-24(3)43-37(41)34(28)36(40)35(31)32/h5,9,12-20,23-24,31,40H,4,6-8,10-11,21-22H2,1-3H3/t24-,31-/m0/s1. The van der Waals surface area contributed by atoms with Crippen LogP contribution in [-0.4, -0.2) is 28.9 Å². The number of ketones is 1. The van der Waals surface area contributed by atoms with Gasteiger partial charge in [0.15, 0.2) is 0 Å². The van der Waals surface area contributed by atoms with Crippen molar-refractivity contribution >= 4 is 23.8 Å². The maximum Gasteiger partial charge on any atom is 0.342 e. The third-order valence-corrected chi connectivity index (χ3v) is 8.31. The largest absolute Gasteiger partial charge is 0.507 e. The molecule has 2 atom stereocenters. The van der Waals surface area contributed by atoms with Gasteiger partial charge in [0.2, 0.25) is 0 Å². The van der Waals surface area contributed by atoms with E-state index in [1.165, 1.54) is 5.56 Å². The van der Waals surface area contributed by atoms with Crippen molar-refractivity contribution in [3.63, 3.8) is 0 Å². The highest BCUT2D eigenvalue weighted by atomic mass is 16.5. The first-order valence-electron chi connectivity index (χ1n) is 15.5. The van der Waals surface area contributed by atoms with Crippen LogP contribution in [0.15, 0.2) is 60.7 Å². The number of carbonyl (C=O) groups is 3. The van der Waals surface area contributed by atoms with Crippen LogP contribution in [-0.2, 0) is 20.9 Å². The van der Waals surface area contributed by atoms with E-state index in [1.807, 2.05) is 30.3 Å². The molecule has 0 bridgehead atoms. The molecule has 0 fully saturated rings. The zero-order chi connectivity index (χ0) is 31.2. The molecule has 230 valence electrons. The minimum atomic E-state index is -0.651. The Balaban J connectivity index is 1.42. The third kappa shape index (κ3) is 7.39. The molecule has 2 heterocycles. The summed E-state index contributed by atoms with van der Waals surface area (Å²) in [6.45, 7) is 6.53. The fourth-order valence-corrected chi connectivity index (χ4v) is 5.77. The molecule has 7 nitrogen and oxygen atoms in total. The predicted octanol–water partition coefficient (Wildman–Crippen LogP) is 8.02. The number of hydrogen-bond acceptors (Lipinski definition) is 7. The molecule has 0 spiro atoms. The number of carbonyl (C=O) groups excluding carboxylic acids is 3. The number of allylic oxidation sites excluding steroid dienone is 1. The Morgan fingerprint density at radius 1 is 0.977 bits per heavy atom. The fraction of sp³-hybridized carbons (Fsp3) is 0.378. The first kappa shape index (κ1) is 31.0. The molecule has 2 aliphatic heterocycles. The number of cyclic esters (lactones) is 1. The Morgan fingerprint density at radius 3 is 2.43 bits per heavy atom. The summed E-state index contributed by atoms with van der Waals surface area (Å²) in [6.07, 6.45) is 6.63. The molecular weight excluding hydrogens is 556 g/mol. The fourth-order valence-electron chi connectivity index (χ4n) is 5.77. The van der Waals surface area contributed by atoms with E-state index in [-0.39, 0.29) is 29.3 Å². The maximum atomic E-state index is 13.4. The lowest BCUT2D eigenvalue weighted by atomic mass is 9.83. The van der Waals surface area contributed by atoms with Gasteiger partial charge in [-0.25, -0.2) is 4.79 Å². The van der Waals surface area contributed by atoms with Crippen molar-refractivity contribution in [1.29, 1.82) is 0 Å². The van der Waals surface area contributed by atoms with E-state index in [0.717, 1.165) is 11.1 Å². The van der Waals surface area contributed by atoms with Crippen molar-refractivity contribution in [3.8, 4) is 17.2 Å². The van der Waals surface area contributed by atoms with E-state index in [9.17, 15) is 19.5 Å². The zero-order valence-electron chi connectivity index (χ0n) is 25.6. The molecule has 0 aromatic heterocycles. The Labute approximate surface area is 258 Å². The number of aromatic hydroxyl groups is 1. The van der Waals surface area contributed by atoms with Gasteiger partial charge in [0.05, 0.1) is 12.5 Å². The number of esters is 2. The summed E-state index contributed by atoms with van der Waals surface area (Å²) >= 11 is 0. The lowest BCUT2D eigenvalue weighted by molar-refractivity contribution is -0.135. The normalized spacial score (nSPS) is 19.4. The predicted molar refractivity (Wildman–Crippen MR) is 168 cm³/mol. The van der Waals surface area contributed by atoms with Gasteiger partial charge < -0.3 is 19.3 Å². The second-order valence-electron chi connectivity index (χ2n) is 12.0. The number of hydrogen-bond donors (Lipinski definition) is 1. The molecule has 44 heavy (non-hydrogen) atoms. The molecule has 5 rings (SSSR count). The molecule has 7 heteroatoms. The van der Waals surface area contributed by atoms with E-state index in [1.54, 1.807) is 19.1 Å². The van der Waals surface area contributed by atoms with Crippen LogP contribution in [0.3, 0.4) is 0 Å². The molecule has 3 aromatic rings. The van der Waals surface area contributed by atoms with Gasteiger partial charge in [0, 0.05) is 24.3 Å². The van der Waals surface area contributed by atoms with E-state index in [0.29, 0.717) is 67.9 Å². The minimum Gasteiger partial charge on any atom is -0.507 e. The molecule has 0 radical (unpaired) electrons. The van der Waals surface area contributed by atoms with Gasteiger partial charge in [0.25, 0.3) is 0 Å². The zero-order valence-corrected chi connectivity index (χ0v) is 25.6. The van der Waals surface area contributed by atoms with Gasteiger partial charge in [-0.2, -0.15) is 0 Å². The smallest absolute Gasteiger partial charge is 0.342 e. The summed E-state index contributed by atoms with van der Waals surface area (Å²) in [5, 5.41) is 11.6. The van der Waals surface area contributed by atoms with Crippen LogP contribution in [0, 0.1) is 0 Å². The highest BCUT2D eigenvalue weighted by Gasteiger charge is 2.35. The number of rotatable bonds is 5. The summed E-state index contributed by atoms with van der Waals surface area (Å²) in [7, 11) is 0. The molecular formula is C37H40O7. The van der Waals surface area contributed by atoms with Gasteiger partial charge in [-0.1, -0.05) is 62.4 Å². The topological polar surface area (TPSA) is 99.1 Å². The van der Waals surface area contributed by atoms with Gasteiger partial charge >= 0.3 is 11.9 Å². The summed E-state index contributed by atoms with van der Waals surface area (Å²) < 4.78 is 17.3. The van der Waals surface area contributed by atoms with E-state index < -0.39 is 24.0 Å². The Kier molecular flexibility index (Phi) is 9.83.